The molecule has 0 aliphatic heterocycles. The van der Waals surface area contributed by atoms with Crippen molar-refractivity contribution in [2.24, 2.45) is 0 Å². The molecule has 0 bridgehead atoms. The fraction of sp³-hybridized carbons (Fsp3) is 0.562. The Balaban J connectivity index is 2.33. The van der Waals surface area contributed by atoms with E-state index >= 15 is 0 Å². The number of benzene rings is 1. The van der Waals surface area contributed by atoms with Crippen molar-refractivity contribution in [3.05, 3.63) is 29.8 Å². The molecular formula is C16H26N2OS. The molecule has 0 heterocycles. The Morgan fingerprint density at radius 1 is 1.25 bits per heavy atom. The van der Waals surface area contributed by atoms with Gasteiger partial charge in [0.15, 0.2) is 0 Å². The molecule has 3 nitrogen and oxygen atoms in total. The van der Waals surface area contributed by atoms with Gasteiger partial charge in [-0.2, -0.15) is 0 Å². The van der Waals surface area contributed by atoms with E-state index in [0.29, 0.717) is 5.56 Å². The van der Waals surface area contributed by atoms with Crippen molar-refractivity contribution in [2.45, 2.75) is 44.6 Å². The molecule has 0 saturated heterocycles. The zero-order valence-corrected chi connectivity index (χ0v) is 13.6. The third kappa shape index (κ3) is 5.97. The van der Waals surface area contributed by atoms with Crippen molar-refractivity contribution in [1.29, 1.82) is 0 Å². The standard InChI is InChI=1S/C16H26N2OS/c1-4-18(5-2)12-6-7-13(3)17-16(19)14-8-10-15(20)11-9-14/h8-11,13,20H,4-7,12H2,1-3H3,(H,17,19). The first-order chi connectivity index (χ1) is 9.56. The van der Waals surface area contributed by atoms with Crippen LogP contribution < -0.4 is 5.32 Å². The Bertz CT molecular complexity index is 401. The number of nitrogens with zero attached hydrogens (tertiary/aromatic N) is 1. The van der Waals surface area contributed by atoms with Crippen LogP contribution in [0.15, 0.2) is 29.2 Å². The third-order valence-corrected chi connectivity index (χ3v) is 3.81. The normalized spacial score (nSPS) is 12.4. The van der Waals surface area contributed by atoms with E-state index in [1.165, 1.54) is 0 Å². The van der Waals surface area contributed by atoms with Crippen LogP contribution in [0.3, 0.4) is 0 Å². The van der Waals surface area contributed by atoms with Crippen molar-refractivity contribution in [3.63, 3.8) is 0 Å². The average Bonchev–Trinajstić information content (AvgIpc) is 2.44. The van der Waals surface area contributed by atoms with Gasteiger partial charge in [0, 0.05) is 16.5 Å². The number of hydrogen-bond acceptors (Lipinski definition) is 3. The highest BCUT2D eigenvalue weighted by molar-refractivity contribution is 7.80. The summed E-state index contributed by atoms with van der Waals surface area (Å²) in [6, 6.07) is 7.49. The second-order valence-electron chi connectivity index (χ2n) is 5.09. The van der Waals surface area contributed by atoms with Crippen LogP contribution >= 0.6 is 12.6 Å². The topological polar surface area (TPSA) is 32.3 Å². The van der Waals surface area contributed by atoms with Crippen molar-refractivity contribution < 1.29 is 4.79 Å². The maximum absolute atomic E-state index is 12.0. The van der Waals surface area contributed by atoms with Crippen molar-refractivity contribution in [3.8, 4) is 0 Å². The van der Waals surface area contributed by atoms with Crippen LogP contribution in [0.25, 0.3) is 0 Å². The van der Waals surface area contributed by atoms with E-state index in [0.717, 1.165) is 37.4 Å². The molecular weight excluding hydrogens is 268 g/mol. The zero-order chi connectivity index (χ0) is 15.0. The van der Waals surface area contributed by atoms with Gasteiger partial charge in [0.25, 0.3) is 5.91 Å². The summed E-state index contributed by atoms with van der Waals surface area (Å²) in [5.74, 6) is -0.00586. The van der Waals surface area contributed by atoms with Crippen molar-refractivity contribution in [1.82, 2.24) is 10.2 Å². The van der Waals surface area contributed by atoms with E-state index in [-0.39, 0.29) is 11.9 Å². The lowest BCUT2D eigenvalue weighted by molar-refractivity contribution is 0.0937. The van der Waals surface area contributed by atoms with Crippen LogP contribution in [0.4, 0.5) is 0 Å². The zero-order valence-electron chi connectivity index (χ0n) is 12.7. The lowest BCUT2D eigenvalue weighted by Crippen LogP contribution is -2.33. The summed E-state index contributed by atoms with van der Waals surface area (Å²) in [6.45, 7) is 9.70. The largest absolute Gasteiger partial charge is 0.350 e. The predicted octanol–water partition coefficient (Wildman–Crippen LogP) is 3.22. The van der Waals surface area contributed by atoms with Gasteiger partial charge in [-0.15, -0.1) is 12.6 Å². The maximum Gasteiger partial charge on any atom is 0.251 e. The molecule has 0 saturated carbocycles. The number of nitrogens with one attached hydrogen (secondary N) is 1. The van der Waals surface area contributed by atoms with Gasteiger partial charge in [0.05, 0.1) is 0 Å². The highest BCUT2D eigenvalue weighted by Crippen LogP contribution is 2.08. The molecule has 1 N–H and O–H groups in total. The lowest BCUT2D eigenvalue weighted by Gasteiger charge is -2.19. The summed E-state index contributed by atoms with van der Waals surface area (Å²) >= 11 is 4.22. The first kappa shape index (κ1) is 17.1. The average molecular weight is 294 g/mol. The summed E-state index contributed by atoms with van der Waals surface area (Å²) in [7, 11) is 0. The van der Waals surface area contributed by atoms with Crippen molar-refractivity contribution >= 4 is 18.5 Å². The van der Waals surface area contributed by atoms with Crippen LogP contribution in [0.2, 0.25) is 0 Å². The third-order valence-electron chi connectivity index (χ3n) is 3.51. The second kappa shape index (κ2) is 9.03. The highest BCUT2D eigenvalue weighted by atomic mass is 32.1. The summed E-state index contributed by atoms with van der Waals surface area (Å²) < 4.78 is 0. The molecule has 0 aromatic heterocycles. The van der Waals surface area contributed by atoms with Crippen LogP contribution in [0.5, 0.6) is 0 Å². The van der Waals surface area contributed by atoms with Crippen LogP contribution in [-0.4, -0.2) is 36.5 Å². The Morgan fingerprint density at radius 2 is 1.85 bits per heavy atom. The molecule has 20 heavy (non-hydrogen) atoms. The summed E-state index contributed by atoms with van der Waals surface area (Å²) in [6.07, 6.45) is 2.12. The van der Waals surface area contributed by atoms with Gasteiger partial charge in [-0.1, -0.05) is 13.8 Å². The van der Waals surface area contributed by atoms with Gasteiger partial charge in [-0.25, -0.2) is 0 Å². The minimum atomic E-state index is -0.00586. The van der Waals surface area contributed by atoms with E-state index in [1.807, 2.05) is 12.1 Å². The number of carbonyl (C=O) groups excluding carboxylic acids is 1. The van der Waals surface area contributed by atoms with E-state index < -0.39 is 0 Å². The first-order valence-corrected chi connectivity index (χ1v) is 7.83. The van der Waals surface area contributed by atoms with Gasteiger partial charge in [0.2, 0.25) is 0 Å². The number of carbonyl (C=O) groups is 1. The summed E-state index contributed by atoms with van der Waals surface area (Å²) in [4.78, 5) is 15.3. The monoisotopic (exact) mass is 294 g/mol. The quantitative estimate of drug-likeness (QED) is 0.722. The highest BCUT2D eigenvalue weighted by Gasteiger charge is 2.09. The van der Waals surface area contributed by atoms with Gasteiger partial charge >= 0.3 is 0 Å². The molecule has 1 aromatic carbocycles. The Labute approximate surface area is 128 Å². The molecule has 1 rings (SSSR count). The fourth-order valence-corrected chi connectivity index (χ4v) is 2.30. The Hall–Kier alpha value is -1.00. The van der Waals surface area contributed by atoms with Gasteiger partial charge in [-0.3, -0.25) is 4.79 Å². The minimum absolute atomic E-state index is 0.00586. The molecule has 112 valence electrons. The molecule has 1 unspecified atom stereocenters. The van der Waals surface area contributed by atoms with Crippen LogP contribution in [-0.2, 0) is 0 Å². The van der Waals surface area contributed by atoms with E-state index in [9.17, 15) is 4.79 Å². The number of rotatable bonds is 8. The van der Waals surface area contributed by atoms with E-state index in [4.69, 9.17) is 0 Å². The van der Waals surface area contributed by atoms with Crippen LogP contribution in [0, 0.1) is 0 Å². The molecule has 0 radical (unpaired) electrons. The summed E-state index contributed by atoms with van der Waals surface area (Å²) in [5, 5.41) is 3.04. The molecule has 4 heteroatoms. The number of amides is 1. The van der Waals surface area contributed by atoms with Crippen LogP contribution in [0.1, 0.15) is 44.0 Å². The Morgan fingerprint density at radius 3 is 2.40 bits per heavy atom. The van der Waals surface area contributed by atoms with Crippen molar-refractivity contribution in [2.75, 3.05) is 19.6 Å². The Kier molecular flexibility index (Phi) is 7.70. The molecule has 1 amide bonds. The summed E-state index contributed by atoms with van der Waals surface area (Å²) in [5.41, 5.74) is 0.693. The van der Waals surface area contributed by atoms with Gasteiger partial charge < -0.3 is 10.2 Å². The smallest absolute Gasteiger partial charge is 0.251 e. The lowest BCUT2D eigenvalue weighted by atomic mass is 10.1. The number of hydrogen-bond donors (Lipinski definition) is 2. The number of thiol groups is 1. The molecule has 1 atom stereocenters. The molecule has 0 aliphatic carbocycles. The van der Waals surface area contributed by atoms with Gasteiger partial charge in [-0.05, 0) is 63.7 Å². The molecule has 1 aromatic rings. The van der Waals surface area contributed by atoms with E-state index in [1.54, 1.807) is 12.1 Å². The minimum Gasteiger partial charge on any atom is -0.350 e. The first-order valence-electron chi connectivity index (χ1n) is 7.39. The molecule has 0 fully saturated rings. The van der Waals surface area contributed by atoms with Gasteiger partial charge in [0.1, 0.15) is 0 Å². The van der Waals surface area contributed by atoms with E-state index in [2.05, 4.69) is 43.6 Å². The fourth-order valence-electron chi connectivity index (χ4n) is 2.15. The second-order valence-corrected chi connectivity index (χ2v) is 5.61. The maximum atomic E-state index is 12.0. The SMILES string of the molecule is CCN(CC)CCCC(C)NC(=O)c1ccc(S)cc1. The molecule has 0 aliphatic rings. The predicted molar refractivity (Wildman–Crippen MR) is 87.6 cm³/mol. The molecule has 0 spiro atoms.